The second kappa shape index (κ2) is 3.90. The lowest BCUT2D eigenvalue weighted by Crippen LogP contribution is -2.41. The third-order valence-corrected chi connectivity index (χ3v) is 2.33. The number of nitrogens with one attached hydrogen (secondary N) is 1. The summed E-state index contributed by atoms with van der Waals surface area (Å²) in [5.41, 5.74) is 0. The first-order valence-corrected chi connectivity index (χ1v) is 4.59. The molecular formula is C9H17NO2. The van der Waals surface area contributed by atoms with Crippen molar-refractivity contribution in [3.05, 3.63) is 0 Å². The summed E-state index contributed by atoms with van der Waals surface area (Å²) in [5.74, 6) is 0.0544. The van der Waals surface area contributed by atoms with E-state index in [9.17, 15) is 9.90 Å². The van der Waals surface area contributed by atoms with Crippen LogP contribution < -0.4 is 5.32 Å². The fourth-order valence-electron chi connectivity index (χ4n) is 1.46. The van der Waals surface area contributed by atoms with Gasteiger partial charge in [0.2, 0.25) is 5.91 Å². The second-order valence-corrected chi connectivity index (χ2v) is 3.77. The standard InChI is InChI=1S/C9H17NO2/c1-6(2)9(12)10-7-4-3-5-8(7)11/h6-8,11H,3-5H2,1-2H3,(H,10,12)/t7-,8+/m0/s1. The number of aliphatic hydroxyl groups is 1. The molecule has 0 bridgehead atoms. The van der Waals surface area contributed by atoms with E-state index < -0.39 is 0 Å². The van der Waals surface area contributed by atoms with E-state index >= 15 is 0 Å². The average Bonchev–Trinajstić information content (AvgIpc) is 2.36. The Kier molecular flexibility index (Phi) is 3.09. The van der Waals surface area contributed by atoms with Gasteiger partial charge in [0, 0.05) is 5.92 Å². The van der Waals surface area contributed by atoms with Gasteiger partial charge in [-0.1, -0.05) is 13.8 Å². The quantitative estimate of drug-likeness (QED) is 0.641. The molecule has 1 fully saturated rings. The number of amides is 1. The van der Waals surface area contributed by atoms with Gasteiger partial charge < -0.3 is 10.4 Å². The number of carbonyl (C=O) groups is 1. The smallest absolute Gasteiger partial charge is 0.222 e. The molecule has 1 aliphatic rings. The summed E-state index contributed by atoms with van der Waals surface area (Å²) in [5, 5.41) is 12.2. The van der Waals surface area contributed by atoms with Gasteiger partial charge in [0.15, 0.2) is 0 Å². The van der Waals surface area contributed by atoms with Crippen LogP contribution >= 0.6 is 0 Å². The maximum absolute atomic E-state index is 11.2. The molecule has 1 amide bonds. The Hall–Kier alpha value is -0.570. The molecule has 0 aromatic carbocycles. The molecule has 0 radical (unpaired) electrons. The first kappa shape index (κ1) is 9.52. The Morgan fingerprint density at radius 1 is 1.50 bits per heavy atom. The molecule has 1 aliphatic carbocycles. The van der Waals surface area contributed by atoms with E-state index in [0.29, 0.717) is 0 Å². The van der Waals surface area contributed by atoms with Gasteiger partial charge in [-0.3, -0.25) is 4.79 Å². The highest BCUT2D eigenvalue weighted by Crippen LogP contribution is 2.18. The minimum Gasteiger partial charge on any atom is -0.391 e. The van der Waals surface area contributed by atoms with Gasteiger partial charge in [-0.2, -0.15) is 0 Å². The molecule has 1 rings (SSSR count). The molecule has 0 unspecified atom stereocenters. The lowest BCUT2D eigenvalue weighted by Gasteiger charge is -2.17. The zero-order valence-electron chi connectivity index (χ0n) is 7.71. The van der Waals surface area contributed by atoms with Crippen LogP contribution in [-0.4, -0.2) is 23.2 Å². The third kappa shape index (κ3) is 2.21. The summed E-state index contributed by atoms with van der Waals surface area (Å²) in [6.45, 7) is 3.72. The normalized spacial score (nSPS) is 29.3. The highest BCUT2D eigenvalue weighted by Gasteiger charge is 2.26. The molecule has 0 aliphatic heterocycles. The van der Waals surface area contributed by atoms with Crippen molar-refractivity contribution in [1.82, 2.24) is 5.32 Å². The van der Waals surface area contributed by atoms with Crippen LogP contribution in [0.5, 0.6) is 0 Å². The van der Waals surface area contributed by atoms with E-state index in [-0.39, 0.29) is 24.0 Å². The Morgan fingerprint density at radius 2 is 2.17 bits per heavy atom. The van der Waals surface area contributed by atoms with E-state index in [1.165, 1.54) is 0 Å². The third-order valence-electron chi connectivity index (χ3n) is 2.33. The molecular weight excluding hydrogens is 154 g/mol. The molecule has 0 aromatic heterocycles. The van der Waals surface area contributed by atoms with Crippen LogP contribution in [0.25, 0.3) is 0 Å². The van der Waals surface area contributed by atoms with Crippen molar-refractivity contribution in [2.75, 3.05) is 0 Å². The number of rotatable bonds is 2. The number of hydrogen-bond acceptors (Lipinski definition) is 2. The van der Waals surface area contributed by atoms with Crippen LogP contribution in [0, 0.1) is 5.92 Å². The average molecular weight is 171 g/mol. The van der Waals surface area contributed by atoms with Crippen molar-refractivity contribution >= 4 is 5.91 Å². The highest BCUT2D eigenvalue weighted by molar-refractivity contribution is 5.78. The minimum atomic E-state index is -0.326. The van der Waals surface area contributed by atoms with Gasteiger partial charge in [-0.15, -0.1) is 0 Å². The molecule has 3 heteroatoms. The van der Waals surface area contributed by atoms with E-state index in [2.05, 4.69) is 5.32 Å². The zero-order chi connectivity index (χ0) is 9.14. The van der Waals surface area contributed by atoms with Gasteiger partial charge in [-0.25, -0.2) is 0 Å². The molecule has 0 heterocycles. The van der Waals surface area contributed by atoms with E-state index in [1.54, 1.807) is 0 Å². The Labute approximate surface area is 73.2 Å². The molecule has 1 saturated carbocycles. The van der Waals surface area contributed by atoms with E-state index in [1.807, 2.05) is 13.8 Å². The summed E-state index contributed by atoms with van der Waals surface area (Å²) in [4.78, 5) is 11.2. The van der Waals surface area contributed by atoms with Gasteiger partial charge in [-0.05, 0) is 19.3 Å². The monoisotopic (exact) mass is 171 g/mol. The molecule has 3 nitrogen and oxygen atoms in total. The predicted molar refractivity (Wildman–Crippen MR) is 46.6 cm³/mol. The maximum atomic E-state index is 11.2. The van der Waals surface area contributed by atoms with Crippen molar-refractivity contribution < 1.29 is 9.90 Å². The lowest BCUT2D eigenvalue weighted by molar-refractivity contribution is -0.125. The van der Waals surface area contributed by atoms with Crippen molar-refractivity contribution in [1.29, 1.82) is 0 Å². The second-order valence-electron chi connectivity index (χ2n) is 3.77. The van der Waals surface area contributed by atoms with Gasteiger partial charge in [0.25, 0.3) is 0 Å². The predicted octanol–water partition coefficient (Wildman–Crippen LogP) is 0.672. The molecule has 70 valence electrons. The van der Waals surface area contributed by atoms with Crippen LogP contribution in [0.2, 0.25) is 0 Å². The topological polar surface area (TPSA) is 49.3 Å². The fourth-order valence-corrected chi connectivity index (χ4v) is 1.46. The van der Waals surface area contributed by atoms with Crippen molar-refractivity contribution in [3.63, 3.8) is 0 Å². The number of carbonyl (C=O) groups excluding carboxylic acids is 1. The highest BCUT2D eigenvalue weighted by atomic mass is 16.3. The van der Waals surface area contributed by atoms with Crippen molar-refractivity contribution in [2.24, 2.45) is 5.92 Å². The van der Waals surface area contributed by atoms with Gasteiger partial charge in [0.05, 0.1) is 12.1 Å². The molecule has 0 saturated heterocycles. The molecule has 12 heavy (non-hydrogen) atoms. The number of aliphatic hydroxyl groups excluding tert-OH is 1. The Balaban J connectivity index is 2.35. The summed E-state index contributed by atoms with van der Waals surface area (Å²) >= 11 is 0. The van der Waals surface area contributed by atoms with Gasteiger partial charge in [0.1, 0.15) is 0 Å². The summed E-state index contributed by atoms with van der Waals surface area (Å²) in [6.07, 6.45) is 2.43. The molecule has 2 N–H and O–H groups in total. The Morgan fingerprint density at radius 3 is 2.58 bits per heavy atom. The first-order valence-electron chi connectivity index (χ1n) is 4.59. The van der Waals surface area contributed by atoms with Gasteiger partial charge >= 0.3 is 0 Å². The molecule has 2 atom stereocenters. The van der Waals surface area contributed by atoms with E-state index in [4.69, 9.17) is 0 Å². The Bertz CT molecular complexity index is 168. The SMILES string of the molecule is CC(C)C(=O)N[C@H]1CCC[C@H]1O. The lowest BCUT2D eigenvalue weighted by atomic mass is 10.1. The molecule has 0 spiro atoms. The van der Waals surface area contributed by atoms with Crippen LogP contribution in [0.4, 0.5) is 0 Å². The van der Waals surface area contributed by atoms with E-state index in [0.717, 1.165) is 19.3 Å². The van der Waals surface area contributed by atoms with Crippen LogP contribution in [0.1, 0.15) is 33.1 Å². The fraction of sp³-hybridized carbons (Fsp3) is 0.889. The largest absolute Gasteiger partial charge is 0.391 e. The van der Waals surface area contributed by atoms with Crippen molar-refractivity contribution in [3.8, 4) is 0 Å². The summed E-state index contributed by atoms with van der Waals surface area (Å²) < 4.78 is 0. The minimum absolute atomic E-state index is 0.0000926. The summed E-state index contributed by atoms with van der Waals surface area (Å²) in [6, 6.07) is -0.0000926. The van der Waals surface area contributed by atoms with Crippen LogP contribution in [0.15, 0.2) is 0 Å². The van der Waals surface area contributed by atoms with Crippen LogP contribution in [0.3, 0.4) is 0 Å². The van der Waals surface area contributed by atoms with Crippen LogP contribution in [-0.2, 0) is 4.79 Å². The molecule has 0 aromatic rings. The maximum Gasteiger partial charge on any atom is 0.222 e. The number of hydrogen-bond donors (Lipinski definition) is 2. The summed E-state index contributed by atoms with van der Waals surface area (Å²) in [7, 11) is 0. The van der Waals surface area contributed by atoms with Crippen molar-refractivity contribution in [2.45, 2.75) is 45.3 Å². The first-order chi connectivity index (χ1) is 5.61. The zero-order valence-corrected chi connectivity index (χ0v) is 7.71.